The number of amides is 1. The van der Waals surface area contributed by atoms with Gasteiger partial charge in [-0.25, -0.2) is 0 Å². The van der Waals surface area contributed by atoms with E-state index in [1.54, 1.807) is 7.05 Å². The zero-order valence-corrected chi connectivity index (χ0v) is 11.8. The molecule has 0 aliphatic heterocycles. The summed E-state index contributed by atoms with van der Waals surface area (Å²) in [5, 5.41) is 6.07. The third-order valence-corrected chi connectivity index (χ3v) is 3.33. The van der Waals surface area contributed by atoms with Crippen molar-refractivity contribution in [2.24, 2.45) is 5.41 Å². The smallest absolute Gasteiger partial charge is 0.251 e. The summed E-state index contributed by atoms with van der Waals surface area (Å²) in [4.78, 5) is 11.4. The summed E-state index contributed by atoms with van der Waals surface area (Å²) in [6.07, 6.45) is 1.16. The maximum Gasteiger partial charge on any atom is 0.251 e. The van der Waals surface area contributed by atoms with Crippen LogP contribution in [0, 0.1) is 5.41 Å². The number of nitrogens with one attached hydrogen (secondary N) is 2. The highest BCUT2D eigenvalue weighted by Crippen LogP contribution is 2.17. The summed E-state index contributed by atoms with van der Waals surface area (Å²) in [6.45, 7) is 8.57. The van der Waals surface area contributed by atoms with Gasteiger partial charge in [-0.2, -0.15) is 0 Å². The van der Waals surface area contributed by atoms with Crippen molar-refractivity contribution >= 4 is 5.91 Å². The van der Waals surface area contributed by atoms with Crippen molar-refractivity contribution < 1.29 is 4.79 Å². The van der Waals surface area contributed by atoms with Gasteiger partial charge in [-0.1, -0.05) is 32.9 Å². The Balaban J connectivity index is 2.47. The molecule has 0 heterocycles. The second-order valence-electron chi connectivity index (χ2n) is 5.40. The van der Waals surface area contributed by atoms with Crippen LogP contribution in [0.25, 0.3) is 0 Å². The first-order valence-corrected chi connectivity index (χ1v) is 6.50. The molecule has 18 heavy (non-hydrogen) atoms. The second kappa shape index (κ2) is 6.55. The molecule has 2 N–H and O–H groups in total. The molecule has 1 amide bonds. The van der Waals surface area contributed by atoms with Crippen LogP contribution in [-0.2, 0) is 6.54 Å². The normalized spacial score (nSPS) is 11.3. The molecule has 3 nitrogen and oxygen atoms in total. The van der Waals surface area contributed by atoms with Gasteiger partial charge in [0.25, 0.3) is 5.91 Å². The van der Waals surface area contributed by atoms with Gasteiger partial charge in [0.15, 0.2) is 0 Å². The standard InChI is InChI=1S/C15H24N2O/c1-5-15(2,3)11-17-10-12-6-8-13(9-7-12)14(18)16-4/h6-9,17H,5,10-11H2,1-4H3,(H,16,18). The Hall–Kier alpha value is -1.35. The van der Waals surface area contributed by atoms with E-state index in [0.29, 0.717) is 11.0 Å². The monoisotopic (exact) mass is 248 g/mol. The summed E-state index contributed by atoms with van der Waals surface area (Å²) in [5.41, 5.74) is 2.24. The van der Waals surface area contributed by atoms with Crippen LogP contribution in [-0.4, -0.2) is 19.5 Å². The lowest BCUT2D eigenvalue weighted by Gasteiger charge is -2.23. The summed E-state index contributed by atoms with van der Waals surface area (Å²) in [5.74, 6) is -0.0402. The molecule has 0 bridgehead atoms. The van der Waals surface area contributed by atoms with Crippen LogP contribution >= 0.6 is 0 Å². The molecule has 0 aliphatic rings. The van der Waals surface area contributed by atoms with Crippen molar-refractivity contribution in [2.75, 3.05) is 13.6 Å². The number of hydrogen-bond donors (Lipinski definition) is 2. The largest absolute Gasteiger partial charge is 0.355 e. The van der Waals surface area contributed by atoms with E-state index >= 15 is 0 Å². The van der Waals surface area contributed by atoms with Crippen molar-refractivity contribution in [3.05, 3.63) is 35.4 Å². The molecule has 100 valence electrons. The summed E-state index contributed by atoms with van der Waals surface area (Å²) < 4.78 is 0. The van der Waals surface area contributed by atoms with Gasteiger partial charge >= 0.3 is 0 Å². The molecule has 1 aromatic carbocycles. The van der Waals surface area contributed by atoms with E-state index in [1.807, 2.05) is 24.3 Å². The number of benzene rings is 1. The third-order valence-electron chi connectivity index (χ3n) is 3.33. The summed E-state index contributed by atoms with van der Waals surface area (Å²) in [6, 6.07) is 7.72. The molecule has 0 fully saturated rings. The van der Waals surface area contributed by atoms with Gasteiger partial charge in [0.2, 0.25) is 0 Å². The van der Waals surface area contributed by atoms with Crippen molar-refractivity contribution in [1.82, 2.24) is 10.6 Å². The number of carbonyl (C=O) groups excluding carboxylic acids is 1. The highest BCUT2D eigenvalue weighted by molar-refractivity contribution is 5.93. The van der Waals surface area contributed by atoms with Crippen LogP contribution in [0.4, 0.5) is 0 Å². The Morgan fingerprint density at radius 2 is 1.83 bits per heavy atom. The summed E-state index contributed by atoms with van der Waals surface area (Å²) >= 11 is 0. The minimum Gasteiger partial charge on any atom is -0.355 e. The first-order chi connectivity index (χ1) is 8.48. The van der Waals surface area contributed by atoms with Crippen molar-refractivity contribution in [3.63, 3.8) is 0 Å². The lowest BCUT2D eigenvalue weighted by molar-refractivity contribution is 0.0963. The molecule has 0 saturated carbocycles. The lowest BCUT2D eigenvalue weighted by Crippen LogP contribution is -2.28. The van der Waals surface area contributed by atoms with Crippen LogP contribution in [0.2, 0.25) is 0 Å². The fourth-order valence-electron chi connectivity index (χ4n) is 1.59. The topological polar surface area (TPSA) is 41.1 Å². The van der Waals surface area contributed by atoms with E-state index in [1.165, 1.54) is 5.56 Å². The maximum absolute atomic E-state index is 11.4. The van der Waals surface area contributed by atoms with Gasteiger partial charge in [0, 0.05) is 25.7 Å². The van der Waals surface area contributed by atoms with Crippen LogP contribution in [0.1, 0.15) is 43.1 Å². The molecule has 0 saturated heterocycles. The fraction of sp³-hybridized carbons (Fsp3) is 0.533. The van der Waals surface area contributed by atoms with E-state index in [2.05, 4.69) is 31.4 Å². The van der Waals surface area contributed by atoms with Crippen molar-refractivity contribution in [3.8, 4) is 0 Å². The van der Waals surface area contributed by atoms with Crippen molar-refractivity contribution in [1.29, 1.82) is 0 Å². The van der Waals surface area contributed by atoms with E-state index in [9.17, 15) is 4.79 Å². The van der Waals surface area contributed by atoms with Gasteiger partial charge < -0.3 is 10.6 Å². The minimum atomic E-state index is -0.0402. The summed E-state index contributed by atoms with van der Waals surface area (Å²) in [7, 11) is 1.64. The van der Waals surface area contributed by atoms with Gasteiger partial charge in [-0.05, 0) is 29.5 Å². The molecule has 0 spiro atoms. The van der Waals surface area contributed by atoms with Gasteiger partial charge in [0.1, 0.15) is 0 Å². The first-order valence-electron chi connectivity index (χ1n) is 6.50. The van der Waals surface area contributed by atoms with Crippen LogP contribution < -0.4 is 10.6 Å². The molecule has 0 unspecified atom stereocenters. The zero-order valence-electron chi connectivity index (χ0n) is 11.8. The molecular formula is C15H24N2O. The quantitative estimate of drug-likeness (QED) is 0.812. The molecule has 1 aromatic rings. The predicted octanol–water partition coefficient (Wildman–Crippen LogP) is 2.57. The molecule has 0 aromatic heterocycles. The average Bonchev–Trinajstić information content (AvgIpc) is 2.38. The SMILES string of the molecule is CCC(C)(C)CNCc1ccc(C(=O)NC)cc1. The first kappa shape index (κ1) is 14.7. The van der Waals surface area contributed by atoms with E-state index in [-0.39, 0.29) is 5.91 Å². The van der Waals surface area contributed by atoms with E-state index in [4.69, 9.17) is 0 Å². The average molecular weight is 248 g/mol. The Kier molecular flexibility index (Phi) is 5.35. The molecule has 1 rings (SSSR count). The highest BCUT2D eigenvalue weighted by Gasteiger charge is 2.13. The second-order valence-corrected chi connectivity index (χ2v) is 5.40. The van der Waals surface area contributed by atoms with Crippen molar-refractivity contribution in [2.45, 2.75) is 33.7 Å². The molecule has 3 heteroatoms. The molecular weight excluding hydrogens is 224 g/mol. The lowest BCUT2D eigenvalue weighted by atomic mass is 9.90. The highest BCUT2D eigenvalue weighted by atomic mass is 16.1. The maximum atomic E-state index is 11.4. The molecule has 0 radical (unpaired) electrons. The number of rotatable bonds is 6. The van der Waals surface area contributed by atoms with Gasteiger partial charge in [-0.15, -0.1) is 0 Å². The molecule has 0 atom stereocenters. The predicted molar refractivity (Wildman–Crippen MR) is 75.6 cm³/mol. The Morgan fingerprint density at radius 3 is 2.33 bits per heavy atom. The Morgan fingerprint density at radius 1 is 1.22 bits per heavy atom. The third kappa shape index (κ3) is 4.49. The van der Waals surface area contributed by atoms with Crippen LogP contribution in [0.3, 0.4) is 0 Å². The number of carbonyl (C=O) groups is 1. The number of hydrogen-bond acceptors (Lipinski definition) is 2. The van der Waals surface area contributed by atoms with E-state index < -0.39 is 0 Å². The van der Waals surface area contributed by atoms with Crippen LogP contribution in [0.5, 0.6) is 0 Å². The van der Waals surface area contributed by atoms with Crippen LogP contribution in [0.15, 0.2) is 24.3 Å². The fourth-order valence-corrected chi connectivity index (χ4v) is 1.59. The Bertz CT molecular complexity index is 382. The van der Waals surface area contributed by atoms with Gasteiger partial charge in [-0.3, -0.25) is 4.79 Å². The Labute approximate surface area is 110 Å². The minimum absolute atomic E-state index is 0.0402. The zero-order chi connectivity index (χ0) is 13.6. The molecule has 0 aliphatic carbocycles. The van der Waals surface area contributed by atoms with Gasteiger partial charge in [0.05, 0.1) is 0 Å². The van der Waals surface area contributed by atoms with E-state index in [0.717, 1.165) is 19.5 Å².